The summed E-state index contributed by atoms with van der Waals surface area (Å²) >= 11 is 0. The molecule has 6 aromatic rings. The molecule has 6 heterocycles. The summed E-state index contributed by atoms with van der Waals surface area (Å²) in [5.41, 5.74) is 3.87. The maximum absolute atomic E-state index is 13.0. The second kappa shape index (κ2) is 21.3. The van der Waals surface area contributed by atoms with E-state index in [1.165, 1.54) is 22.5 Å². The zero-order chi connectivity index (χ0) is 45.0. The summed E-state index contributed by atoms with van der Waals surface area (Å²) < 4.78 is 17.6. The zero-order valence-corrected chi connectivity index (χ0v) is 36.5. The lowest BCUT2D eigenvalue weighted by Crippen LogP contribution is -2.47. The van der Waals surface area contributed by atoms with E-state index in [-0.39, 0.29) is 23.5 Å². The maximum Gasteiger partial charge on any atom is 0.291 e. The average molecular weight is 875 g/mol. The third-order valence-corrected chi connectivity index (χ3v) is 10.7. The topological polar surface area (TPSA) is 214 Å². The highest BCUT2D eigenvalue weighted by molar-refractivity contribution is 6.01. The van der Waals surface area contributed by atoms with Crippen molar-refractivity contribution in [3.05, 3.63) is 120 Å². The number of carbonyl (C=O) groups excluding carboxylic acids is 4. The van der Waals surface area contributed by atoms with Crippen LogP contribution in [0.1, 0.15) is 70.4 Å². The van der Waals surface area contributed by atoms with E-state index in [4.69, 9.17) is 9.47 Å². The van der Waals surface area contributed by atoms with Crippen LogP contribution in [0.25, 0.3) is 0 Å². The monoisotopic (exact) mass is 874 g/mol. The zero-order valence-electron chi connectivity index (χ0n) is 36.5. The lowest BCUT2D eigenvalue weighted by atomic mass is 10.2. The van der Waals surface area contributed by atoms with E-state index in [2.05, 4.69) is 41.0 Å². The van der Waals surface area contributed by atoms with Crippen molar-refractivity contribution in [2.24, 2.45) is 0 Å². The number of amides is 4. The quantitative estimate of drug-likeness (QED) is 0.134. The van der Waals surface area contributed by atoms with Gasteiger partial charge in [-0.05, 0) is 37.8 Å². The van der Waals surface area contributed by atoms with E-state index < -0.39 is 23.9 Å². The molecule has 2 aliphatic heterocycles. The third-order valence-electron chi connectivity index (χ3n) is 10.7. The van der Waals surface area contributed by atoms with E-state index >= 15 is 0 Å². The molecule has 0 unspecified atom stereocenters. The van der Waals surface area contributed by atoms with Crippen LogP contribution in [0, 0.1) is 0 Å². The van der Waals surface area contributed by atoms with Crippen molar-refractivity contribution < 1.29 is 28.7 Å². The molecule has 20 heteroatoms. The summed E-state index contributed by atoms with van der Waals surface area (Å²) in [6.45, 7) is 8.46. The number of hydrogen-bond acceptors (Lipinski definition) is 12. The number of fused-ring (bicyclic) bond motifs is 2. The molecule has 336 valence electrons. The molecule has 2 aliphatic rings. The smallest absolute Gasteiger partial charge is 0.291 e. The molecule has 0 radical (unpaired) electrons. The molecule has 0 saturated carbocycles. The Morgan fingerprint density at radius 2 is 1.03 bits per heavy atom. The molecule has 8 rings (SSSR count). The molecule has 0 spiro atoms. The number of nitrogens with one attached hydrogen (secondary N) is 2. The van der Waals surface area contributed by atoms with Crippen LogP contribution < -0.4 is 20.4 Å². The predicted molar refractivity (Wildman–Crippen MR) is 235 cm³/mol. The van der Waals surface area contributed by atoms with Crippen molar-refractivity contribution in [1.29, 1.82) is 0 Å². The number of anilines is 2. The van der Waals surface area contributed by atoms with E-state index in [0.717, 1.165) is 22.5 Å². The van der Waals surface area contributed by atoms with E-state index in [9.17, 15) is 19.2 Å². The first-order valence-electron chi connectivity index (χ1n) is 21.4. The summed E-state index contributed by atoms with van der Waals surface area (Å²) in [5.74, 6) is 0.162. The molecule has 0 saturated heterocycles. The van der Waals surface area contributed by atoms with Gasteiger partial charge in [-0.3, -0.25) is 29.0 Å². The van der Waals surface area contributed by atoms with Gasteiger partial charge in [0.1, 0.15) is 36.4 Å². The molecule has 4 aromatic heterocycles. The number of aromatic nitrogens is 10. The lowest BCUT2D eigenvalue weighted by Gasteiger charge is -2.19. The Bertz CT molecular complexity index is 2320. The molecular weight excluding hydrogens is 821 g/mol. The van der Waals surface area contributed by atoms with Gasteiger partial charge in [-0.25, -0.2) is 28.7 Å². The van der Waals surface area contributed by atoms with Gasteiger partial charge >= 0.3 is 0 Å². The number of rotatable bonds is 16. The second-order valence-corrected chi connectivity index (χ2v) is 15.3. The Labute approximate surface area is 370 Å². The number of benzene rings is 2. The predicted octanol–water partition coefficient (Wildman–Crippen LogP) is 2.53. The van der Waals surface area contributed by atoms with Crippen molar-refractivity contribution in [2.75, 3.05) is 50.3 Å². The van der Waals surface area contributed by atoms with E-state index in [1.54, 1.807) is 32.8 Å². The average Bonchev–Trinajstić information content (AvgIpc) is 4.12. The summed E-state index contributed by atoms with van der Waals surface area (Å²) in [4.78, 5) is 62.7. The summed E-state index contributed by atoms with van der Waals surface area (Å²) in [6, 6.07) is 22.0. The summed E-state index contributed by atoms with van der Waals surface area (Å²) in [5, 5.41) is 23.2. The summed E-state index contributed by atoms with van der Waals surface area (Å²) in [7, 11) is 3.39. The third kappa shape index (κ3) is 11.3. The Kier molecular flexibility index (Phi) is 15.0. The van der Waals surface area contributed by atoms with Gasteiger partial charge in [-0.2, -0.15) is 10.2 Å². The minimum Gasteiger partial charge on any atom is -0.381 e. The van der Waals surface area contributed by atoms with Crippen LogP contribution in [0.4, 0.5) is 11.6 Å². The second-order valence-electron chi connectivity index (χ2n) is 15.3. The number of hydrogen-bond donors (Lipinski definition) is 2. The molecule has 20 nitrogen and oxygen atoms in total. The van der Waals surface area contributed by atoms with Gasteiger partial charge in [0.05, 0.1) is 37.7 Å². The Hall–Kier alpha value is -7.06. The van der Waals surface area contributed by atoms with Crippen LogP contribution in [-0.2, 0) is 58.1 Å². The van der Waals surface area contributed by atoms with Crippen LogP contribution in [0.3, 0.4) is 0 Å². The molecule has 0 bridgehead atoms. The van der Waals surface area contributed by atoms with E-state index in [1.807, 2.05) is 86.6 Å². The molecule has 2 aromatic carbocycles. The SMILES string of the molecule is CCOCCc1cc2n(n1)CC[C@@H](NC(=O)c1ncn(Cc3ccccc3)n1)C(=O)N2C.CCOCCc1cc2n(n1)CC[C@H](NC(=O)c1ncn(Cc3ccccc3)n1)C(=O)N2C. The minimum atomic E-state index is -0.679. The normalized spacial score (nSPS) is 16.0. The molecule has 4 amide bonds. The van der Waals surface area contributed by atoms with Crippen molar-refractivity contribution in [3.63, 3.8) is 0 Å². The number of nitrogens with zero attached hydrogens (tertiary/aromatic N) is 12. The van der Waals surface area contributed by atoms with Crippen LogP contribution >= 0.6 is 0 Å². The van der Waals surface area contributed by atoms with Gasteiger partial charge in [0.15, 0.2) is 0 Å². The standard InChI is InChI=1S/2C22H27N7O3/c2*1-3-32-12-10-17-13-19-27(2)22(31)18(9-11-29(19)25-17)24-21(30)20-23-15-28(26-20)14-16-7-5-4-6-8-16/h2*4-8,13,15,18H,3,9-12,14H2,1-2H3,(H,24,30)/t2*18-/m10/s1. The fourth-order valence-electron chi connectivity index (χ4n) is 7.32. The van der Waals surface area contributed by atoms with Crippen molar-refractivity contribution in [3.8, 4) is 0 Å². The highest BCUT2D eigenvalue weighted by atomic mass is 16.5. The van der Waals surface area contributed by atoms with Gasteiger partial charge < -0.3 is 20.1 Å². The fraction of sp³-hybridized carbons (Fsp3) is 0.409. The van der Waals surface area contributed by atoms with Gasteiger partial charge in [0.2, 0.25) is 11.6 Å². The van der Waals surface area contributed by atoms with Crippen molar-refractivity contribution >= 4 is 35.3 Å². The highest BCUT2D eigenvalue weighted by Crippen LogP contribution is 2.23. The van der Waals surface area contributed by atoms with Crippen molar-refractivity contribution in [2.45, 2.75) is 77.8 Å². The molecular formula is C44H54N14O6. The van der Waals surface area contributed by atoms with Crippen molar-refractivity contribution in [1.82, 2.24) is 59.7 Å². The van der Waals surface area contributed by atoms with Crippen LogP contribution in [0.15, 0.2) is 85.5 Å². The highest BCUT2D eigenvalue weighted by Gasteiger charge is 2.33. The first-order valence-corrected chi connectivity index (χ1v) is 21.4. The molecule has 2 N–H and O–H groups in total. The van der Waals surface area contributed by atoms with Gasteiger partial charge in [-0.1, -0.05) is 60.7 Å². The molecule has 64 heavy (non-hydrogen) atoms. The largest absolute Gasteiger partial charge is 0.381 e. The first-order chi connectivity index (χ1) is 31.1. The molecule has 0 aliphatic carbocycles. The molecule has 0 fully saturated rings. The van der Waals surface area contributed by atoms with Crippen LogP contribution in [-0.4, -0.2) is 125 Å². The Morgan fingerprint density at radius 1 is 0.625 bits per heavy atom. The first kappa shape index (κ1) is 45.0. The number of likely N-dealkylation sites (N-methyl/N-ethyl adjacent to an activating group) is 2. The Morgan fingerprint density at radius 3 is 1.42 bits per heavy atom. The lowest BCUT2D eigenvalue weighted by molar-refractivity contribution is -0.120. The number of carbonyl (C=O) groups is 4. The van der Waals surface area contributed by atoms with Crippen LogP contribution in [0.5, 0.6) is 0 Å². The van der Waals surface area contributed by atoms with Gasteiger partial charge in [0.25, 0.3) is 23.6 Å². The Balaban J connectivity index is 0.000000191. The van der Waals surface area contributed by atoms with Gasteiger partial charge in [-0.15, -0.1) is 10.2 Å². The minimum absolute atomic E-state index is 0.0385. The van der Waals surface area contributed by atoms with E-state index in [0.29, 0.717) is 89.9 Å². The van der Waals surface area contributed by atoms with Gasteiger partial charge in [0, 0.05) is 65.4 Å². The van der Waals surface area contributed by atoms with Crippen LogP contribution in [0.2, 0.25) is 0 Å². The number of aryl methyl sites for hydroxylation is 2. The summed E-state index contributed by atoms with van der Waals surface area (Å²) in [6.07, 6.45) is 5.27. The fourth-order valence-corrected chi connectivity index (χ4v) is 7.32. The number of ether oxygens (including phenoxy) is 2. The maximum atomic E-state index is 13.0. The molecule has 2 atom stereocenters.